The van der Waals surface area contributed by atoms with E-state index in [-0.39, 0.29) is 6.10 Å². The Kier molecular flexibility index (Phi) is 5.23. The van der Waals surface area contributed by atoms with Crippen LogP contribution in [0.5, 0.6) is 0 Å². The van der Waals surface area contributed by atoms with Crippen LogP contribution >= 0.6 is 27.7 Å². The zero-order valence-electron chi connectivity index (χ0n) is 9.79. The van der Waals surface area contributed by atoms with Crippen molar-refractivity contribution in [2.24, 2.45) is 0 Å². The van der Waals surface area contributed by atoms with Gasteiger partial charge in [0.25, 0.3) is 0 Å². The van der Waals surface area contributed by atoms with Crippen LogP contribution in [0, 0.1) is 0 Å². The predicted molar refractivity (Wildman–Crippen MR) is 78.8 cm³/mol. The number of thioether (sulfide) groups is 1. The number of aromatic nitrogens is 1. The summed E-state index contributed by atoms with van der Waals surface area (Å²) in [6.45, 7) is 0. The number of pyridine rings is 1. The summed E-state index contributed by atoms with van der Waals surface area (Å²) in [6, 6.07) is 12.1. The lowest BCUT2D eigenvalue weighted by Crippen LogP contribution is -2.13. The fraction of sp³-hybridized carbons (Fsp3) is 0.214. The molecule has 1 atom stereocenters. The van der Waals surface area contributed by atoms with Crippen molar-refractivity contribution in [3.63, 3.8) is 0 Å². The van der Waals surface area contributed by atoms with E-state index in [4.69, 9.17) is 0 Å². The Labute approximate surface area is 120 Å². The lowest BCUT2D eigenvalue weighted by Gasteiger charge is -2.10. The highest BCUT2D eigenvalue weighted by molar-refractivity contribution is 9.10. The topological polar surface area (TPSA) is 33.1 Å². The van der Waals surface area contributed by atoms with E-state index in [1.54, 1.807) is 24.2 Å². The highest BCUT2D eigenvalue weighted by Gasteiger charge is 2.07. The van der Waals surface area contributed by atoms with E-state index in [0.717, 1.165) is 10.0 Å². The van der Waals surface area contributed by atoms with Crippen molar-refractivity contribution >= 4 is 27.7 Å². The Bertz CT molecular complexity index is 492. The van der Waals surface area contributed by atoms with E-state index >= 15 is 0 Å². The summed E-state index contributed by atoms with van der Waals surface area (Å²) >= 11 is 5.05. The van der Waals surface area contributed by atoms with Gasteiger partial charge in [0.1, 0.15) is 0 Å². The van der Waals surface area contributed by atoms with Gasteiger partial charge < -0.3 is 5.11 Å². The Morgan fingerprint density at radius 3 is 2.72 bits per heavy atom. The van der Waals surface area contributed by atoms with Crippen molar-refractivity contribution in [3.8, 4) is 0 Å². The Morgan fingerprint density at radius 2 is 2.00 bits per heavy atom. The van der Waals surface area contributed by atoms with Crippen LogP contribution in [0.1, 0.15) is 5.56 Å². The first-order chi connectivity index (χ1) is 8.74. The molecule has 0 radical (unpaired) electrons. The SMILES string of the molecule is OC(CSc1ccccc1)Cc1cncc(Br)c1. The molecule has 1 unspecified atom stereocenters. The minimum atomic E-state index is -0.355. The zero-order chi connectivity index (χ0) is 12.8. The number of benzene rings is 1. The first-order valence-electron chi connectivity index (χ1n) is 5.69. The second kappa shape index (κ2) is 6.92. The molecule has 1 N–H and O–H groups in total. The van der Waals surface area contributed by atoms with Gasteiger partial charge in [-0.3, -0.25) is 4.98 Å². The van der Waals surface area contributed by atoms with Gasteiger partial charge >= 0.3 is 0 Å². The number of aliphatic hydroxyl groups excluding tert-OH is 1. The molecule has 0 bridgehead atoms. The highest BCUT2D eigenvalue weighted by Crippen LogP contribution is 2.19. The van der Waals surface area contributed by atoms with Gasteiger partial charge in [-0.05, 0) is 39.7 Å². The lowest BCUT2D eigenvalue weighted by atomic mass is 10.1. The van der Waals surface area contributed by atoms with Gasteiger partial charge in [-0.1, -0.05) is 18.2 Å². The number of aliphatic hydroxyl groups is 1. The second-order valence-corrected chi connectivity index (χ2v) is 6.00. The van der Waals surface area contributed by atoms with Gasteiger partial charge in [-0.2, -0.15) is 0 Å². The van der Waals surface area contributed by atoms with Gasteiger partial charge in [0, 0.05) is 33.9 Å². The van der Waals surface area contributed by atoms with Crippen LogP contribution in [0.15, 0.2) is 58.2 Å². The third kappa shape index (κ3) is 4.44. The maximum atomic E-state index is 9.99. The molecule has 1 aromatic heterocycles. The molecule has 2 rings (SSSR count). The van der Waals surface area contributed by atoms with Crippen LogP contribution in [0.3, 0.4) is 0 Å². The molecule has 1 heterocycles. The molecule has 2 aromatic rings. The summed E-state index contributed by atoms with van der Waals surface area (Å²) in [7, 11) is 0. The summed E-state index contributed by atoms with van der Waals surface area (Å²) < 4.78 is 0.947. The molecule has 0 saturated carbocycles. The number of nitrogens with zero attached hydrogens (tertiary/aromatic N) is 1. The molecule has 0 amide bonds. The maximum absolute atomic E-state index is 9.99. The molecule has 94 valence electrons. The van der Waals surface area contributed by atoms with Gasteiger partial charge in [0.05, 0.1) is 6.10 Å². The highest BCUT2D eigenvalue weighted by atomic mass is 79.9. The van der Waals surface area contributed by atoms with Gasteiger partial charge in [-0.15, -0.1) is 11.8 Å². The monoisotopic (exact) mass is 323 g/mol. The van der Waals surface area contributed by atoms with Crippen LogP contribution in [0.25, 0.3) is 0 Å². The van der Waals surface area contributed by atoms with Crippen LogP contribution in [0.4, 0.5) is 0 Å². The Balaban J connectivity index is 1.84. The molecule has 0 aliphatic rings. The summed E-state index contributed by atoms with van der Waals surface area (Å²) in [6.07, 6.45) is 3.81. The van der Waals surface area contributed by atoms with Crippen molar-refractivity contribution < 1.29 is 5.11 Å². The van der Waals surface area contributed by atoms with E-state index in [0.29, 0.717) is 12.2 Å². The van der Waals surface area contributed by atoms with Crippen molar-refractivity contribution in [3.05, 3.63) is 58.8 Å². The van der Waals surface area contributed by atoms with Crippen LogP contribution in [-0.4, -0.2) is 21.9 Å². The largest absolute Gasteiger partial charge is 0.392 e. The van der Waals surface area contributed by atoms with Crippen LogP contribution in [-0.2, 0) is 6.42 Å². The first-order valence-corrected chi connectivity index (χ1v) is 7.47. The van der Waals surface area contributed by atoms with E-state index in [2.05, 4.69) is 33.0 Å². The molecule has 0 aliphatic carbocycles. The second-order valence-electron chi connectivity index (χ2n) is 3.99. The fourth-order valence-electron chi connectivity index (χ4n) is 1.61. The predicted octanol–water partition coefficient (Wildman–Crippen LogP) is 3.54. The molecular formula is C14H14BrNOS. The van der Waals surface area contributed by atoms with Crippen molar-refractivity contribution in [1.82, 2.24) is 4.98 Å². The van der Waals surface area contributed by atoms with Gasteiger partial charge in [0.15, 0.2) is 0 Å². The van der Waals surface area contributed by atoms with Crippen molar-refractivity contribution in [2.75, 3.05) is 5.75 Å². The maximum Gasteiger partial charge on any atom is 0.0674 e. The molecule has 0 aliphatic heterocycles. The van der Waals surface area contributed by atoms with Gasteiger partial charge in [0.2, 0.25) is 0 Å². The number of halogens is 1. The summed E-state index contributed by atoms with van der Waals surface area (Å²) in [5, 5.41) is 9.99. The zero-order valence-corrected chi connectivity index (χ0v) is 12.2. The third-order valence-electron chi connectivity index (χ3n) is 2.42. The average molecular weight is 324 g/mol. The standard InChI is InChI=1S/C14H14BrNOS/c15-12-6-11(8-16-9-12)7-13(17)10-18-14-4-2-1-3-5-14/h1-6,8-9,13,17H,7,10H2. The molecule has 4 heteroatoms. The van der Waals surface area contributed by atoms with E-state index < -0.39 is 0 Å². The lowest BCUT2D eigenvalue weighted by molar-refractivity contribution is 0.200. The molecule has 0 spiro atoms. The molecule has 0 fully saturated rings. The Morgan fingerprint density at radius 1 is 1.22 bits per heavy atom. The number of hydrogen-bond acceptors (Lipinski definition) is 3. The van der Waals surface area contributed by atoms with E-state index in [9.17, 15) is 5.11 Å². The smallest absolute Gasteiger partial charge is 0.0674 e. The van der Waals surface area contributed by atoms with E-state index in [1.807, 2.05) is 24.3 Å². The molecule has 2 nitrogen and oxygen atoms in total. The third-order valence-corrected chi connectivity index (χ3v) is 4.01. The quantitative estimate of drug-likeness (QED) is 0.854. The minimum Gasteiger partial charge on any atom is -0.392 e. The first kappa shape index (κ1) is 13.6. The molecule has 0 saturated heterocycles. The van der Waals surface area contributed by atoms with Crippen LogP contribution in [0.2, 0.25) is 0 Å². The van der Waals surface area contributed by atoms with Gasteiger partial charge in [-0.25, -0.2) is 0 Å². The summed E-state index contributed by atoms with van der Waals surface area (Å²) in [5.41, 5.74) is 1.05. The Hall–Kier alpha value is -0.840. The average Bonchev–Trinajstić information content (AvgIpc) is 2.38. The fourth-order valence-corrected chi connectivity index (χ4v) is 2.87. The molecular weight excluding hydrogens is 310 g/mol. The number of hydrogen-bond donors (Lipinski definition) is 1. The summed E-state index contributed by atoms with van der Waals surface area (Å²) in [4.78, 5) is 5.27. The molecule has 18 heavy (non-hydrogen) atoms. The van der Waals surface area contributed by atoms with E-state index in [1.165, 1.54) is 4.90 Å². The minimum absolute atomic E-state index is 0.355. The van der Waals surface area contributed by atoms with Crippen molar-refractivity contribution in [1.29, 1.82) is 0 Å². The molecule has 1 aromatic carbocycles. The number of rotatable bonds is 5. The summed E-state index contributed by atoms with van der Waals surface area (Å²) in [5.74, 6) is 0.691. The van der Waals surface area contributed by atoms with Crippen molar-refractivity contribution in [2.45, 2.75) is 17.4 Å². The normalized spacial score (nSPS) is 12.3. The van der Waals surface area contributed by atoms with Crippen LogP contribution < -0.4 is 0 Å².